The van der Waals surface area contributed by atoms with Gasteiger partial charge >= 0.3 is 0 Å². The second-order valence-electron chi connectivity index (χ2n) is 4.06. The third kappa shape index (κ3) is 8.21. The fourth-order valence-corrected chi connectivity index (χ4v) is 1.70. The van der Waals surface area contributed by atoms with Gasteiger partial charge in [0.1, 0.15) is 0 Å². The average molecular weight is 202 g/mol. The molecule has 0 bridgehead atoms. The molecule has 0 saturated heterocycles. The minimum atomic E-state index is -1.50. The molecule has 0 fully saturated rings. The van der Waals surface area contributed by atoms with Crippen LogP contribution in [0.15, 0.2) is 12.7 Å². The summed E-state index contributed by atoms with van der Waals surface area (Å²) in [6, 6.07) is 0. The highest BCUT2D eigenvalue weighted by Crippen LogP contribution is 2.09. The summed E-state index contributed by atoms with van der Waals surface area (Å²) in [7, 11) is -1.50. The van der Waals surface area contributed by atoms with Crippen LogP contribution >= 0.6 is 0 Å². The van der Waals surface area contributed by atoms with Crippen molar-refractivity contribution in [2.75, 3.05) is 6.61 Å². The lowest BCUT2D eigenvalue weighted by Gasteiger charge is -2.23. The molecule has 0 aliphatic rings. The first-order valence-corrected chi connectivity index (χ1v) is 8.32. The standard InChI is InChI=1S/C10H22O2Si/c1-6-8-9-11-10(7-2)12-13(3,4)5/h7,10H,2,6,8-9H2,1,3-5H3. The zero-order valence-electron chi connectivity index (χ0n) is 9.30. The van der Waals surface area contributed by atoms with E-state index in [2.05, 4.69) is 33.1 Å². The van der Waals surface area contributed by atoms with Gasteiger partial charge in [-0.25, -0.2) is 0 Å². The van der Waals surface area contributed by atoms with Gasteiger partial charge in [-0.15, -0.1) is 0 Å². The van der Waals surface area contributed by atoms with Crippen LogP contribution in [-0.2, 0) is 9.16 Å². The first kappa shape index (κ1) is 12.9. The summed E-state index contributed by atoms with van der Waals surface area (Å²) in [5.41, 5.74) is 0. The minimum absolute atomic E-state index is 0.210. The fraction of sp³-hybridized carbons (Fsp3) is 0.800. The first-order valence-electron chi connectivity index (χ1n) is 4.91. The van der Waals surface area contributed by atoms with Crippen molar-refractivity contribution in [1.82, 2.24) is 0 Å². The second-order valence-corrected chi connectivity index (χ2v) is 8.52. The Morgan fingerprint density at radius 1 is 1.38 bits per heavy atom. The molecule has 0 aromatic heterocycles. The Labute approximate surface area is 83.1 Å². The van der Waals surface area contributed by atoms with E-state index < -0.39 is 8.32 Å². The van der Waals surface area contributed by atoms with Crippen LogP contribution < -0.4 is 0 Å². The molecule has 13 heavy (non-hydrogen) atoms. The normalized spacial score (nSPS) is 14.2. The summed E-state index contributed by atoms with van der Waals surface area (Å²) >= 11 is 0. The lowest BCUT2D eigenvalue weighted by molar-refractivity contribution is -0.0517. The molecule has 0 radical (unpaired) electrons. The van der Waals surface area contributed by atoms with Crippen LogP contribution in [0.2, 0.25) is 19.6 Å². The Bertz CT molecular complexity index is 140. The van der Waals surface area contributed by atoms with E-state index in [1.54, 1.807) is 6.08 Å². The number of hydrogen-bond acceptors (Lipinski definition) is 2. The number of ether oxygens (including phenoxy) is 1. The fourth-order valence-electron chi connectivity index (χ4n) is 0.842. The molecule has 0 saturated carbocycles. The summed E-state index contributed by atoms with van der Waals surface area (Å²) in [6.07, 6.45) is 3.75. The molecule has 0 aliphatic heterocycles. The van der Waals surface area contributed by atoms with Crippen LogP contribution in [0.25, 0.3) is 0 Å². The maximum Gasteiger partial charge on any atom is 0.187 e. The van der Waals surface area contributed by atoms with E-state index in [0.29, 0.717) is 0 Å². The zero-order chi connectivity index (χ0) is 10.3. The predicted octanol–water partition coefficient (Wildman–Crippen LogP) is 3.17. The van der Waals surface area contributed by atoms with Gasteiger partial charge in [-0.1, -0.05) is 19.9 Å². The smallest absolute Gasteiger partial charge is 0.187 e. The topological polar surface area (TPSA) is 18.5 Å². The third-order valence-electron chi connectivity index (χ3n) is 1.44. The van der Waals surface area contributed by atoms with E-state index in [-0.39, 0.29) is 6.29 Å². The molecule has 0 heterocycles. The Morgan fingerprint density at radius 2 is 2.00 bits per heavy atom. The lowest BCUT2D eigenvalue weighted by Crippen LogP contribution is -2.32. The molecule has 0 aromatic rings. The summed E-state index contributed by atoms with van der Waals surface area (Å²) in [6.45, 7) is 13.0. The number of rotatable bonds is 7. The maximum absolute atomic E-state index is 5.73. The van der Waals surface area contributed by atoms with Crippen LogP contribution in [-0.4, -0.2) is 21.2 Å². The molecule has 0 spiro atoms. The largest absolute Gasteiger partial charge is 0.390 e. The van der Waals surface area contributed by atoms with Gasteiger partial charge in [0, 0.05) is 0 Å². The zero-order valence-corrected chi connectivity index (χ0v) is 10.3. The van der Waals surface area contributed by atoms with Gasteiger partial charge in [0.2, 0.25) is 0 Å². The van der Waals surface area contributed by atoms with Gasteiger partial charge in [0.15, 0.2) is 14.6 Å². The summed E-state index contributed by atoms with van der Waals surface area (Å²) < 4.78 is 11.2. The Kier molecular flexibility index (Phi) is 6.29. The third-order valence-corrected chi connectivity index (χ3v) is 2.38. The van der Waals surface area contributed by atoms with Crippen LogP contribution in [0, 0.1) is 0 Å². The summed E-state index contributed by atoms with van der Waals surface area (Å²) in [4.78, 5) is 0. The van der Waals surface area contributed by atoms with E-state index in [0.717, 1.165) is 19.4 Å². The molecule has 1 atom stereocenters. The van der Waals surface area contributed by atoms with Gasteiger partial charge in [0.05, 0.1) is 6.61 Å². The quantitative estimate of drug-likeness (QED) is 0.273. The highest BCUT2D eigenvalue weighted by molar-refractivity contribution is 6.69. The average Bonchev–Trinajstić information content (AvgIpc) is 2.01. The molecule has 0 aliphatic carbocycles. The molecule has 0 amide bonds. The lowest BCUT2D eigenvalue weighted by atomic mass is 10.4. The van der Waals surface area contributed by atoms with Crippen molar-refractivity contribution in [3.63, 3.8) is 0 Å². The van der Waals surface area contributed by atoms with Crippen LogP contribution in [0.4, 0.5) is 0 Å². The first-order chi connectivity index (χ1) is 5.99. The van der Waals surface area contributed by atoms with Gasteiger partial charge < -0.3 is 9.16 Å². The van der Waals surface area contributed by atoms with Crippen molar-refractivity contribution in [1.29, 1.82) is 0 Å². The molecule has 78 valence electrons. The molecule has 0 rings (SSSR count). The summed E-state index contributed by atoms with van der Waals surface area (Å²) in [5, 5.41) is 0. The van der Waals surface area contributed by atoms with E-state index in [1.165, 1.54) is 0 Å². The maximum atomic E-state index is 5.73. The minimum Gasteiger partial charge on any atom is -0.390 e. The van der Waals surface area contributed by atoms with Gasteiger partial charge in [-0.3, -0.25) is 0 Å². The van der Waals surface area contributed by atoms with Crippen LogP contribution in [0.1, 0.15) is 19.8 Å². The Morgan fingerprint density at radius 3 is 2.38 bits per heavy atom. The molecule has 0 aromatic carbocycles. The van der Waals surface area contributed by atoms with Crippen molar-refractivity contribution >= 4 is 8.32 Å². The van der Waals surface area contributed by atoms with E-state index in [1.807, 2.05) is 0 Å². The molecule has 1 unspecified atom stereocenters. The van der Waals surface area contributed by atoms with Gasteiger partial charge in [0.25, 0.3) is 0 Å². The number of hydrogen-bond donors (Lipinski definition) is 0. The van der Waals surface area contributed by atoms with E-state index in [9.17, 15) is 0 Å². The van der Waals surface area contributed by atoms with Crippen LogP contribution in [0.5, 0.6) is 0 Å². The van der Waals surface area contributed by atoms with E-state index in [4.69, 9.17) is 9.16 Å². The molecular formula is C10H22O2Si. The molecular weight excluding hydrogens is 180 g/mol. The van der Waals surface area contributed by atoms with Crippen molar-refractivity contribution in [2.24, 2.45) is 0 Å². The van der Waals surface area contributed by atoms with E-state index >= 15 is 0 Å². The number of unbranched alkanes of at least 4 members (excludes halogenated alkanes) is 1. The second kappa shape index (κ2) is 6.35. The molecule has 3 heteroatoms. The van der Waals surface area contributed by atoms with Crippen molar-refractivity contribution in [3.05, 3.63) is 12.7 Å². The molecule has 2 nitrogen and oxygen atoms in total. The van der Waals surface area contributed by atoms with Crippen molar-refractivity contribution < 1.29 is 9.16 Å². The highest BCUT2D eigenvalue weighted by Gasteiger charge is 2.19. The van der Waals surface area contributed by atoms with Gasteiger partial charge in [-0.05, 0) is 32.1 Å². The van der Waals surface area contributed by atoms with Crippen molar-refractivity contribution in [2.45, 2.75) is 45.7 Å². The molecule has 0 N–H and O–H groups in total. The predicted molar refractivity (Wildman–Crippen MR) is 59.3 cm³/mol. The Balaban J connectivity index is 3.70. The van der Waals surface area contributed by atoms with Crippen molar-refractivity contribution in [3.8, 4) is 0 Å². The summed E-state index contributed by atoms with van der Waals surface area (Å²) in [5.74, 6) is 0. The highest BCUT2D eigenvalue weighted by atomic mass is 28.4. The monoisotopic (exact) mass is 202 g/mol. The van der Waals surface area contributed by atoms with Crippen LogP contribution in [0.3, 0.4) is 0 Å². The SMILES string of the molecule is C=CC(OCCCC)O[Si](C)(C)C. The Hall–Kier alpha value is -0.123. The van der Waals surface area contributed by atoms with Gasteiger partial charge in [-0.2, -0.15) is 0 Å².